The molecule has 0 aromatic heterocycles. The predicted molar refractivity (Wildman–Crippen MR) is 80.1 cm³/mol. The van der Waals surface area contributed by atoms with E-state index in [2.05, 4.69) is 61.2 Å². The fraction of sp³-hybridized carbons (Fsp3) is 0.467. The number of nitrogens with zero attached hydrogens (tertiary/aromatic N) is 1. The van der Waals surface area contributed by atoms with Crippen LogP contribution in [0, 0.1) is 13.8 Å². The smallest absolute Gasteiger partial charge is 0.0441 e. The van der Waals surface area contributed by atoms with E-state index in [4.69, 9.17) is 0 Å². The molecule has 3 nitrogen and oxygen atoms in total. The second kappa shape index (κ2) is 7.19. The van der Waals surface area contributed by atoms with E-state index >= 15 is 0 Å². The molecule has 0 unspecified atom stereocenters. The number of para-hydroxylation sites is 1. The molecule has 0 amide bonds. The summed E-state index contributed by atoms with van der Waals surface area (Å²) in [6, 6.07) is 6.32. The molecule has 0 saturated carbocycles. The zero-order valence-electron chi connectivity index (χ0n) is 12.0. The summed E-state index contributed by atoms with van der Waals surface area (Å²) in [5, 5.41) is 6.58. The second-order valence-corrected chi connectivity index (χ2v) is 4.84. The van der Waals surface area contributed by atoms with E-state index in [1.165, 1.54) is 16.8 Å². The van der Waals surface area contributed by atoms with Crippen molar-refractivity contribution in [3.05, 3.63) is 41.6 Å². The third-order valence-corrected chi connectivity index (χ3v) is 2.99. The third kappa shape index (κ3) is 4.51. The minimum Gasteiger partial charge on any atom is -0.358 e. The van der Waals surface area contributed by atoms with Crippen LogP contribution in [0.15, 0.2) is 30.5 Å². The monoisotopic (exact) mass is 247 g/mol. The Bertz CT molecular complexity index is 378. The summed E-state index contributed by atoms with van der Waals surface area (Å²) in [4.78, 5) is 2.25. The van der Waals surface area contributed by atoms with Crippen LogP contribution >= 0.6 is 0 Å². The van der Waals surface area contributed by atoms with Crippen LogP contribution in [-0.2, 0) is 0 Å². The van der Waals surface area contributed by atoms with Crippen LogP contribution in [0.4, 0.5) is 5.69 Å². The van der Waals surface area contributed by atoms with Gasteiger partial charge in [-0.2, -0.15) is 0 Å². The van der Waals surface area contributed by atoms with Crippen LogP contribution in [0.25, 0.3) is 0 Å². The first-order valence-electron chi connectivity index (χ1n) is 6.38. The maximum Gasteiger partial charge on any atom is 0.0441 e. The van der Waals surface area contributed by atoms with Gasteiger partial charge in [-0.1, -0.05) is 24.8 Å². The molecule has 1 rings (SSSR count). The molecule has 3 heteroatoms. The Balaban J connectivity index is 2.54. The first-order valence-corrected chi connectivity index (χ1v) is 6.38. The highest BCUT2D eigenvalue weighted by Gasteiger charge is 2.05. The lowest BCUT2D eigenvalue weighted by Gasteiger charge is -2.20. The summed E-state index contributed by atoms with van der Waals surface area (Å²) in [7, 11) is 4.08. The Hall–Kier alpha value is -1.32. The van der Waals surface area contributed by atoms with Crippen molar-refractivity contribution in [3.8, 4) is 0 Å². The molecule has 0 saturated heterocycles. The molecule has 1 aromatic carbocycles. The van der Waals surface area contributed by atoms with Crippen LogP contribution in [0.1, 0.15) is 11.1 Å². The van der Waals surface area contributed by atoms with Gasteiger partial charge in [-0.3, -0.25) is 4.90 Å². The van der Waals surface area contributed by atoms with Gasteiger partial charge in [0.15, 0.2) is 0 Å². The number of hydrogen-bond donors (Lipinski definition) is 2. The zero-order valence-corrected chi connectivity index (χ0v) is 12.0. The fourth-order valence-electron chi connectivity index (χ4n) is 1.94. The van der Waals surface area contributed by atoms with Crippen molar-refractivity contribution in [2.45, 2.75) is 13.8 Å². The SMILES string of the molecule is C=C(CN(C)CCNC)Nc1c(C)cccc1C. The van der Waals surface area contributed by atoms with Crippen molar-refractivity contribution in [1.29, 1.82) is 0 Å². The molecule has 1 aromatic rings. The average molecular weight is 247 g/mol. The largest absolute Gasteiger partial charge is 0.358 e. The minimum absolute atomic E-state index is 0.857. The van der Waals surface area contributed by atoms with Crippen LogP contribution < -0.4 is 10.6 Å². The molecule has 0 bridgehead atoms. The quantitative estimate of drug-likeness (QED) is 0.774. The molecule has 100 valence electrons. The van der Waals surface area contributed by atoms with Gasteiger partial charge in [0, 0.05) is 31.0 Å². The van der Waals surface area contributed by atoms with Gasteiger partial charge in [0.25, 0.3) is 0 Å². The molecule has 0 heterocycles. The second-order valence-electron chi connectivity index (χ2n) is 4.84. The number of rotatable bonds is 7. The van der Waals surface area contributed by atoms with Gasteiger partial charge in [0.1, 0.15) is 0 Å². The molecule has 0 aliphatic heterocycles. The van der Waals surface area contributed by atoms with Gasteiger partial charge < -0.3 is 10.6 Å². The van der Waals surface area contributed by atoms with Crippen molar-refractivity contribution in [2.75, 3.05) is 39.0 Å². The molecule has 0 atom stereocenters. The van der Waals surface area contributed by atoms with E-state index in [-0.39, 0.29) is 0 Å². The van der Waals surface area contributed by atoms with Crippen LogP contribution in [0.2, 0.25) is 0 Å². The summed E-state index contributed by atoms with van der Waals surface area (Å²) in [6.45, 7) is 11.2. The molecule has 0 spiro atoms. The first kappa shape index (κ1) is 14.7. The lowest BCUT2D eigenvalue weighted by Crippen LogP contribution is -2.30. The van der Waals surface area contributed by atoms with Gasteiger partial charge in [-0.05, 0) is 39.1 Å². The first-order chi connectivity index (χ1) is 8.54. The Morgan fingerprint density at radius 3 is 2.44 bits per heavy atom. The zero-order chi connectivity index (χ0) is 13.5. The maximum atomic E-state index is 4.11. The van der Waals surface area contributed by atoms with Gasteiger partial charge in [-0.25, -0.2) is 0 Å². The van der Waals surface area contributed by atoms with Crippen molar-refractivity contribution >= 4 is 5.69 Å². The highest BCUT2D eigenvalue weighted by molar-refractivity contribution is 5.59. The number of benzene rings is 1. The molecule has 0 radical (unpaired) electrons. The fourth-order valence-corrected chi connectivity index (χ4v) is 1.94. The Labute approximate surface area is 111 Å². The van der Waals surface area contributed by atoms with E-state index in [1.54, 1.807) is 0 Å². The van der Waals surface area contributed by atoms with Crippen LogP contribution in [0.3, 0.4) is 0 Å². The molecular formula is C15H25N3. The number of hydrogen-bond acceptors (Lipinski definition) is 3. The normalized spacial score (nSPS) is 10.7. The molecule has 0 aliphatic carbocycles. The van der Waals surface area contributed by atoms with E-state index in [0.717, 1.165) is 25.3 Å². The molecule has 2 N–H and O–H groups in total. The van der Waals surface area contributed by atoms with Crippen LogP contribution in [0.5, 0.6) is 0 Å². The maximum absolute atomic E-state index is 4.11. The summed E-state index contributed by atoms with van der Waals surface area (Å²) >= 11 is 0. The van der Waals surface area contributed by atoms with E-state index in [1.807, 2.05) is 7.05 Å². The molecule has 0 fully saturated rings. The Morgan fingerprint density at radius 2 is 1.89 bits per heavy atom. The van der Waals surface area contributed by atoms with Crippen molar-refractivity contribution in [2.24, 2.45) is 0 Å². The van der Waals surface area contributed by atoms with Gasteiger partial charge in [-0.15, -0.1) is 0 Å². The third-order valence-electron chi connectivity index (χ3n) is 2.99. The lowest BCUT2D eigenvalue weighted by molar-refractivity contribution is 0.364. The molecule has 18 heavy (non-hydrogen) atoms. The summed E-state index contributed by atoms with van der Waals surface area (Å²) in [5.74, 6) is 0. The number of aryl methyl sites for hydroxylation is 2. The lowest BCUT2D eigenvalue weighted by atomic mass is 10.1. The van der Waals surface area contributed by atoms with Crippen molar-refractivity contribution in [3.63, 3.8) is 0 Å². The highest BCUT2D eigenvalue weighted by atomic mass is 15.1. The van der Waals surface area contributed by atoms with E-state index in [9.17, 15) is 0 Å². The number of nitrogens with one attached hydrogen (secondary N) is 2. The summed E-state index contributed by atoms with van der Waals surface area (Å²) in [5.41, 5.74) is 4.73. The molecular weight excluding hydrogens is 222 g/mol. The van der Waals surface area contributed by atoms with Crippen molar-refractivity contribution in [1.82, 2.24) is 10.2 Å². The van der Waals surface area contributed by atoms with Crippen LogP contribution in [-0.4, -0.2) is 38.6 Å². The summed E-state index contributed by atoms with van der Waals surface area (Å²) < 4.78 is 0. The van der Waals surface area contributed by atoms with Gasteiger partial charge in [0.05, 0.1) is 0 Å². The van der Waals surface area contributed by atoms with Gasteiger partial charge in [0.2, 0.25) is 0 Å². The van der Waals surface area contributed by atoms with E-state index in [0.29, 0.717) is 0 Å². The topological polar surface area (TPSA) is 27.3 Å². The predicted octanol–water partition coefficient (Wildman–Crippen LogP) is 2.38. The highest BCUT2D eigenvalue weighted by Crippen LogP contribution is 2.20. The van der Waals surface area contributed by atoms with E-state index < -0.39 is 0 Å². The average Bonchev–Trinajstić information content (AvgIpc) is 2.31. The number of likely N-dealkylation sites (N-methyl/N-ethyl adjacent to an activating group) is 2. The molecule has 0 aliphatic rings. The Kier molecular flexibility index (Phi) is 5.89. The summed E-state index contributed by atoms with van der Waals surface area (Å²) in [6.07, 6.45) is 0. The standard InChI is InChI=1S/C15H25N3/c1-12-7-6-8-13(2)15(12)17-14(3)11-18(5)10-9-16-4/h6-8,16-17H,3,9-11H2,1-2,4-5H3. The van der Waals surface area contributed by atoms with Gasteiger partial charge >= 0.3 is 0 Å². The Morgan fingerprint density at radius 1 is 1.28 bits per heavy atom. The number of anilines is 1. The van der Waals surface area contributed by atoms with Crippen molar-refractivity contribution < 1.29 is 0 Å². The minimum atomic E-state index is 0.857.